The molecule has 0 N–H and O–H groups in total. The number of ether oxygens (including phenoxy) is 2. The van der Waals surface area contributed by atoms with Crippen molar-refractivity contribution in [1.82, 2.24) is 0 Å². The Morgan fingerprint density at radius 1 is 1.33 bits per heavy atom. The molecule has 18 heavy (non-hydrogen) atoms. The summed E-state index contributed by atoms with van der Waals surface area (Å²) in [5.74, 6) is 0. The van der Waals surface area contributed by atoms with E-state index in [0.29, 0.717) is 6.61 Å². The summed E-state index contributed by atoms with van der Waals surface area (Å²) < 4.78 is 10.6. The summed E-state index contributed by atoms with van der Waals surface area (Å²) in [7, 11) is 1.67. The minimum atomic E-state index is 0.0641. The fourth-order valence-electron chi connectivity index (χ4n) is 1.59. The van der Waals surface area contributed by atoms with Gasteiger partial charge in [0, 0.05) is 7.11 Å². The van der Waals surface area contributed by atoms with Gasteiger partial charge in [0.15, 0.2) is 0 Å². The van der Waals surface area contributed by atoms with Crippen molar-refractivity contribution in [2.45, 2.75) is 26.9 Å². The largest absolute Gasteiger partial charge is 0.496 e. The molecule has 0 heterocycles. The quantitative estimate of drug-likeness (QED) is 0.703. The number of allylic oxidation sites excluding steroid dienone is 2. The Kier molecular flexibility index (Phi) is 5.66. The molecule has 1 aromatic rings. The lowest BCUT2D eigenvalue weighted by atomic mass is 10.0. The van der Waals surface area contributed by atoms with E-state index in [4.69, 9.17) is 9.47 Å². The van der Waals surface area contributed by atoms with Crippen LogP contribution in [-0.4, -0.2) is 19.8 Å². The van der Waals surface area contributed by atoms with Gasteiger partial charge in [-0.2, -0.15) is 0 Å². The van der Waals surface area contributed by atoms with Crippen molar-refractivity contribution in [2.75, 3.05) is 13.7 Å². The predicted molar refractivity (Wildman–Crippen MR) is 77.2 cm³/mol. The second-order valence-electron chi connectivity index (χ2n) is 4.56. The summed E-state index contributed by atoms with van der Waals surface area (Å²) in [5, 5.41) is 0. The molecular formula is C16H22O2. The molecule has 2 nitrogen and oxygen atoms in total. The molecule has 98 valence electrons. The van der Waals surface area contributed by atoms with Crippen LogP contribution >= 0.6 is 0 Å². The first-order valence-electron chi connectivity index (χ1n) is 6.12. The first kappa shape index (κ1) is 14.5. The standard InChI is InChI=1S/C16H22O2/c1-12(2)15-7-6-8-16(9-15)13(3)10-18-14(4)11-17-5/h6-10,14H,1,11H2,2-5H3/b13-10+. The summed E-state index contributed by atoms with van der Waals surface area (Å²) in [4.78, 5) is 0. The molecule has 0 saturated carbocycles. The molecule has 1 rings (SSSR count). The van der Waals surface area contributed by atoms with Gasteiger partial charge in [0.1, 0.15) is 6.10 Å². The molecule has 1 aromatic carbocycles. The normalized spacial score (nSPS) is 13.2. The molecule has 0 spiro atoms. The van der Waals surface area contributed by atoms with Crippen LogP contribution in [0.15, 0.2) is 37.1 Å². The van der Waals surface area contributed by atoms with Gasteiger partial charge in [-0.25, -0.2) is 0 Å². The number of rotatable bonds is 6. The lowest BCUT2D eigenvalue weighted by molar-refractivity contribution is 0.0638. The second kappa shape index (κ2) is 7.02. The maximum atomic E-state index is 5.59. The highest BCUT2D eigenvalue weighted by Gasteiger charge is 2.02. The van der Waals surface area contributed by atoms with E-state index in [0.717, 1.165) is 22.3 Å². The second-order valence-corrected chi connectivity index (χ2v) is 4.56. The molecule has 1 unspecified atom stereocenters. The van der Waals surface area contributed by atoms with Crippen molar-refractivity contribution in [3.8, 4) is 0 Å². The molecule has 0 aliphatic carbocycles. The number of benzene rings is 1. The van der Waals surface area contributed by atoms with E-state index >= 15 is 0 Å². The zero-order valence-corrected chi connectivity index (χ0v) is 11.7. The van der Waals surface area contributed by atoms with Crippen LogP contribution in [-0.2, 0) is 9.47 Å². The van der Waals surface area contributed by atoms with Crippen LogP contribution in [0.4, 0.5) is 0 Å². The summed E-state index contributed by atoms with van der Waals surface area (Å²) in [6.45, 7) is 10.6. The Hall–Kier alpha value is -1.54. The highest BCUT2D eigenvalue weighted by molar-refractivity contribution is 5.69. The zero-order valence-electron chi connectivity index (χ0n) is 11.7. The van der Waals surface area contributed by atoms with Crippen LogP contribution in [0, 0.1) is 0 Å². The number of hydrogen-bond acceptors (Lipinski definition) is 2. The van der Waals surface area contributed by atoms with Gasteiger partial charge in [-0.15, -0.1) is 0 Å². The minimum Gasteiger partial charge on any atom is -0.496 e. The van der Waals surface area contributed by atoms with Gasteiger partial charge in [-0.3, -0.25) is 0 Å². The fraction of sp³-hybridized carbons (Fsp3) is 0.375. The van der Waals surface area contributed by atoms with E-state index in [1.54, 1.807) is 13.4 Å². The van der Waals surface area contributed by atoms with Crippen molar-refractivity contribution < 1.29 is 9.47 Å². The van der Waals surface area contributed by atoms with Gasteiger partial charge >= 0.3 is 0 Å². The van der Waals surface area contributed by atoms with E-state index in [1.165, 1.54) is 0 Å². The van der Waals surface area contributed by atoms with Crippen molar-refractivity contribution in [3.05, 3.63) is 48.2 Å². The first-order chi connectivity index (χ1) is 8.54. The summed E-state index contributed by atoms with van der Waals surface area (Å²) >= 11 is 0. The van der Waals surface area contributed by atoms with Crippen molar-refractivity contribution >= 4 is 11.1 Å². The van der Waals surface area contributed by atoms with Gasteiger partial charge in [0.05, 0.1) is 12.9 Å². The Labute approximate surface area is 110 Å². The van der Waals surface area contributed by atoms with Gasteiger partial charge in [0.2, 0.25) is 0 Å². The molecule has 0 aromatic heterocycles. The third-order valence-electron chi connectivity index (χ3n) is 2.69. The van der Waals surface area contributed by atoms with Crippen LogP contribution in [0.3, 0.4) is 0 Å². The van der Waals surface area contributed by atoms with Crippen LogP contribution in [0.5, 0.6) is 0 Å². The van der Waals surface area contributed by atoms with E-state index in [1.807, 2.05) is 26.8 Å². The predicted octanol–water partition coefficient (Wildman–Crippen LogP) is 4.13. The molecule has 0 aliphatic heterocycles. The summed E-state index contributed by atoms with van der Waals surface area (Å²) in [6.07, 6.45) is 1.86. The molecule has 0 saturated heterocycles. The highest BCUT2D eigenvalue weighted by atomic mass is 16.5. The monoisotopic (exact) mass is 246 g/mol. The maximum absolute atomic E-state index is 5.59. The molecule has 0 radical (unpaired) electrons. The third kappa shape index (κ3) is 4.38. The molecule has 0 bridgehead atoms. The van der Waals surface area contributed by atoms with Gasteiger partial charge in [-0.1, -0.05) is 30.4 Å². The van der Waals surface area contributed by atoms with Crippen molar-refractivity contribution in [3.63, 3.8) is 0 Å². The van der Waals surface area contributed by atoms with E-state index in [9.17, 15) is 0 Å². The Morgan fingerprint density at radius 3 is 2.61 bits per heavy atom. The summed E-state index contributed by atoms with van der Waals surface area (Å²) in [6, 6.07) is 8.30. The molecule has 0 amide bonds. The maximum Gasteiger partial charge on any atom is 0.118 e. The average molecular weight is 246 g/mol. The highest BCUT2D eigenvalue weighted by Crippen LogP contribution is 2.19. The van der Waals surface area contributed by atoms with Crippen LogP contribution in [0.2, 0.25) is 0 Å². The van der Waals surface area contributed by atoms with E-state index in [2.05, 4.69) is 24.8 Å². The molecule has 0 aliphatic rings. The minimum absolute atomic E-state index is 0.0641. The lowest BCUT2D eigenvalue weighted by Gasteiger charge is -2.11. The van der Waals surface area contributed by atoms with Gasteiger partial charge in [0.25, 0.3) is 0 Å². The Morgan fingerprint density at radius 2 is 2.00 bits per heavy atom. The molecule has 1 atom stereocenters. The topological polar surface area (TPSA) is 18.5 Å². The smallest absolute Gasteiger partial charge is 0.118 e. The SMILES string of the molecule is C=C(C)c1cccc(/C(C)=C/OC(C)COC)c1. The fourth-order valence-corrected chi connectivity index (χ4v) is 1.59. The van der Waals surface area contributed by atoms with Crippen LogP contribution in [0.25, 0.3) is 11.1 Å². The van der Waals surface area contributed by atoms with Gasteiger partial charge < -0.3 is 9.47 Å². The zero-order chi connectivity index (χ0) is 13.5. The molecular weight excluding hydrogens is 224 g/mol. The number of methoxy groups -OCH3 is 1. The average Bonchev–Trinajstić information content (AvgIpc) is 2.36. The molecule has 2 heteroatoms. The Balaban J connectivity index is 2.77. The van der Waals surface area contributed by atoms with Gasteiger partial charge in [-0.05, 0) is 43.5 Å². The van der Waals surface area contributed by atoms with Crippen molar-refractivity contribution in [1.29, 1.82) is 0 Å². The first-order valence-corrected chi connectivity index (χ1v) is 6.12. The Bertz CT molecular complexity index is 432. The third-order valence-corrected chi connectivity index (χ3v) is 2.69. The summed E-state index contributed by atoms with van der Waals surface area (Å²) in [5.41, 5.74) is 4.48. The van der Waals surface area contributed by atoms with E-state index in [-0.39, 0.29) is 6.10 Å². The number of hydrogen-bond donors (Lipinski definition) is 0. The van der Waals surface area contributed by atoms with Crippen molar-refractivity contribution in [2.24, 2.45) is 0 Å². The lowest BCUT2D eigenvalue weighted by Crippen LogP contribution is -2.11. The van der Waals surface area contributed by atoms with E-state index < -0.39 is 0 Å². The van der Waals surface area contributed by atoms with Crippen LogP contribution in [0.1, 0.15) is 31.9 Å². The molecule has 0 fully saturated rings. The van der Waals surface area contributed by atoms with Crippen LogP contribution < -0.4 is 0 Å².